The standard InChI is InChI=1S/C15H22N2O2/c1-12(15(18)19-2)16-14-7-5-6-13(10-14)11-17-8-3-4-9-17/h5-7,10,12,16H,3-4,8-9,11H2,1-2H3. The van der Waals surface area contributed by atoms with Crippen molar-refractivity contribution in [2.24, 2.45) is 0 Å². The molecule has 19 heavy (non-hydrogen) atoms. The second-order valence-corrected chi connectivity index (χ2v) is 5.07. The van der Waals surface area contributed by atoms with Crippen molar-refractivity contribution in [3.63, 3.8) is 0 Å². The topological polar surface area (TPSA) is 41.6 Å². The van der Waals surface area contributed by atoms with Crippen molar-refractivity contribution in [1.29, 1.82) is 0 Å². The number of ether oxygens (including phenoxy) is 1. The first-order chi connectivity index (χ1) is 9.19. The Labute approximate surface area is 114 Å². The smallest absolute Gasteiger partial charge is 0.327 e. The summed E-state index contributed by atoms with van der Waals surface area (Å²) in [6.07, 6.45) is 2.61. The number of hydrogen-bond acceptors (Lipinski definition) is 4. The first kappa shape index (κ1) is 13.9. The molecular formula is C15H22N2O2. The van der Waals surface area contributed by atoms with Gasteiger partial charge in [-0.1, -0.05) is 12.1 Å². The van der Waals surface area contributed by atoms with E-state index in [0.717, 1.165) is 12.2 Å². The fourth-order valence-electron chi connectivity index (χ4n) is 2.44. The molecular weight excluding hydrogens is 240 g/mol. The number of nitrogens with one attached hydrogen (secondary N) is 1. The predicted molar refractivity (Wildman–Crippen MR) is 76.1 cm³/mol. The van der Waals surface area contributed by atoms with E-state index in [2.05, 4.69) is 22.3 Å². The van der Waals surface area contributed by atoms with Gasteiger partial charge in [-0.25, -0.2) is 4.79 Å². The van der Waals surface area contributed by atoms with Gasteiger partial charge in [-0.2, -0.15) is 0 Å². The van der Waals surface area contributed by atoms with Crippen molar-refractivity contribution < 1.29 is 9.53 Å². The lowest BCUT2D eigenvalue weighted by molar-refractivity contribution is -0.141. The normalized spacial score (nSPS) is 17.2. The molecule has 1 saturated heterocycles. The third kappa shape index (κ3) is 3.96. The Morgan fingerprint density at radius 2 is 2.16 bits per heavy atom. The highest BCUT2D eigenvalue weighted by Crippen LogP contribution is 2.16. The molecule has 0 bridgehead atoms. The van der Waals surface area contributed by atoms with E-state index in [1.807, 2.05) is 12.1 Å². The highest BCUT2D eigenvalue weighted by Gasteiger charge is 2.14. The van der Waals surface area contributed by atoms with Crippen LogP contribution < -0.4 is 5.32 Å². The average Bonchev–Trinajstić information content (AvgIpc) is 2.91. The van der Waals surface area contributed by atoms with Gasteiger partial charge >= 0.3 is 5.97 Å². The minimum Gasteiger partial charge on any atom is -0.467 e. The van der Waals surface area contributed by atoms with E-state index in [9.17, 15) is 4.79 Å². The van der Waals surface area contributed by atoms with Crippen molar-refractivity contribution in [2.75, 3.05) is 25.5 Å². The largest absolute Gasteiger partial charge is 0.467 e. The van der Waals surface area contributed by atoms with Crippen molar-refractivity contribution >= 4 is 11.7 Å². The summed E-state index contributed by atoms with van der Waals surface area (Å²) in [6.45, 7) is 5.17. The first-order valence-corrected chi connectivity index (χ1v) is 6.84. The number of nitrogens with zero attached hydrogens (tertiary/aromatic N) is 1. The van der Waals surface area contributed by atoms with Crippen LogP contribution >= 0.6 is 0 Å². The summed E-state index contributed by atoms with van der Waals surface area (Å²) in [4.78, 5) is 13.8. The lowest BCUT2D eigenvalue weighted by atomic mass is 10.1. The molecule has 1 N–H and O–H groups in total. The number of methoxy groups -OCH3 is 1. The number of anilines is 1. The van der Waals surface area contributed by atoms with Crippen LogP contribution in [-0.2, 0) is 16.1 Å². The SMILES string of the molecule is COC(=O)C(C)Nc1cccc(CN2CCCC2)c1. The Balaban J connectivity index is 1.96. The van der Waals surface area contributed by atoms with Crippen molar-refractivity contribution in [3.05, 3.63) is 29.8 Å². The molecule has 1 atom stereocenters. The highest BCUT2D eigenvalue weighted by molar-refractivity contribution is 5.78. The number of benzene rings is 1. The molecule has 4 nitrogen and oxygen atoms in total. The molecule has 0 amide bonds. The van der Waals surface area contributed by atoms with Gasteiger partial charge in [0.2, 0.25) is 0 Å². The molecule has 1 unspecified atom stereocenters. The monoisotopic (exact) mass is 262 g/mol. The third-order valence-corrected chi connectivity index (χ3v) is 3.47. The van der Waals surface area contributed by atoms with Crippen LogP contribution in [0.3, 0.4) is 0 Å². The van der Waals surface area contributed by atoms with Crippen LogP contribution in [0, 0.1) is 0 Å². The Kier molecular flexibility index (Phi) is 4.80. The van der Waals surface area contributed by atoms with Crippen molar-refractivity contribution in [2.45, 2.75) is 32.4 Å². The van der Waals surface area contributed by atoms with Crippen LogP contribution in [0.25, 0.3) is 0 Å². The van der Waals surface area contributed by atoms with Gasteiger partial charge in [0, 0.05) is 12.2 Å². The molecule has 1 aromatic carbocycles. The number of esters is 1. The number of carbonyl (C=O) groups is 1. The first-order valence-electron chi connectivity index (χ1n) is 6.84. The number of hydrogen-bond donors (Lipinski definition) is 1. The summed E-state index contributed by atoms with van der Waals surface area (Å²) in [7, 11) is 1.41. The molecule has 1 heterocycles. The summed E-state index contributed by atoms with van der Waals surface area (Å²) in [5.74, 6) is -0.245. The molecule has 4 heteroatoms. The van der Waals surface area contributed by atoms with Crippen LogP contribution in [0.5, 0.6) is 0 Å². The second kappa shape index (κ2) is 6.57. The molecule has 0 radical (unpaired) electrons. The molecule has 0 aliphatic carbocycles. The lowest BCUT2D eigenvalue weighted by Crippen LogP contribution is -2.27. The third-order valence-electron chi connectivity index (χ3n) is 3.47. The van der Waals surface area contributed by atoms with E-state index in [4.69, 9.17) is 4.74 Å². The zero-order chi connectivity index (χ0) is 13.7. The highest BCUT2D eigenvalue weighted by atomic mass is 16.5. The second-order valence-electron chi connectivity index (χ2n) is 5.07. The molecule has 104 valence electrons. The Bertz CT molecular complexity index is 428. The van der Waals surface area contributed by atoms with Crippen molar-refractivity contribution in [3.8, 4) is 0 Å². The number of rotatable bonds is 5. The summed E-state index contributed by atoms with van der Waals surface area (Å²) in [5, 5.41) is 3.16. The molecule has 1 aliphatic rings. The fraction of sp³-hybridized carbons (Fsp3) is 0.533. The molecule has 0 spiro atoms. The molecule has 1 aliphatic heterocycles. The van der Waals surface area contributed by atoms with Crippen LogP contribution in [-0.4, -0.2) is 37.1 Å². The maximum atomic E-state index is 11.4. The predicted octanol–water partition coefficient (Wildman–Crippen LogP) is 2.26. The van der Waals surface area contributed by atoms with Gasteiger partial charge in [0.1, 0.15) is 6.04 Å². The number of carbonyl (C=O) groups excluding carboxylic acids is 1. The Hall–Kier alpha value is -1.55. The van der Waals surface area contributed by atoms with Gasteiger partial charge in [0.05, 0.1) is 7.11 Å². The van der Waals surface area contributed by atoms with Crippen LogP contribution in [0.4, 0.5) is 5.69 Å². The summed E-state index contributed by atoms with van der Waals surface area (Å²) in [5.41, 5.74) is 2.25. The maximum absolute atomic E-state index is 11.4. The fourth-order valence-corrected chi connectivity index (χ4v) is 2.44. The van der Waals surface area contributed by atoms with E-state index in [0.29, 0.717) is 0 Å². The van der Waals surface area contributed by atoms with E-state index in [-0.39, 0.29) is 12.0 Å². The summed E-state index contributed by atoms with van der Waals surface area (Å²) < 4.78 is 4.71. The summed E-state index contributed by atoms with van der Waals surface area (Å²) >= 11 is 0. The van der Waals surface area contributed by atoms with Gasteiger partial charge in [-0.05, 0) is 50.6 Å². The van der Waals surface area contributed by atoms with Crippen molar-refractivity contribution in [1.82, 2.24) is 4.90 Å². The minimum atomic E-state index is -0.327. The van der Waals surface area contributed by atoms with Gasteiger partial charge in [0.25, 0.3) is 0 Å². The van der Waals surface area contributed by atoms with Crippen LogP contribution in [0.2, 0.25) is 0 Å². The van der Waals surface area contributed by atoms with E-state index in [1.54, 1.807) is 6.92 Å². The van der Waals surface area contributed by atoms with Gasteiger partial charge in [-0.15, -0.1) is 0 Å². The van der Waals surface area contributed by atoms with E-state index < -0.39 is 0 Å². The lowest BCUT2D eigenvalue weighted by Gasteiger charge is -2.17. The van der Waals surface area contributed by atoms with Gasteiger partial charge in [0.15, 0.2) is 0 Å². The minimum absolute atomic E-state index is 0.245. The maximum Gasteiger partial charge on any atom is 0.327 e. The van der Waals surface area contributed by atoms with E-state index in [1.165, 1.54) is 38.6 Å². The van der Waals surface area contributed by atoms with Gasteiger partial charge < -0.3 is 10.1 Å². The molecule has 1 aromatic rings. The number of likely N-dealkylation sites (tertiary alicyclic amines) is 1. The van der Waals surface area contributed by atoms with Gasteiger partial charge in [-0.3, -0.25) is 4.90 Å². The Morgan fingerprint density at radius 3 is 2.84 bits per heavy atom. The van der Waals surface area contributed by atoms with Crippen LogP contribution in [0.1, 0.15) is 25.3 Å². The zero-order valence-corrected chi connectivity index (χ0v) is 11.7. The Morgan fingerprint density at radius 1 is 1.42 bits per heavy atom. The molecule has 1 fully saturated rings. The zero-order valence-electron chi connectivity index (χ0n) is 11.7. The quantitative estimate of drug-likeness (QED) is 0.826. The molecule has 0 saturated carbocycles. The van der Waals surface area contributed by atoms with Crippen LogP contribution in [0.15, 0.2) is 24.3 Å². The summed E-state index contributed by atoms with van der Waals surface area (Å²) in [6, 6.07) is 7.92. The van der Waals surface area contributed by atoms with E-state index >= 15 is 0 Å². The molecule has 2 rings (SSSR count). The average molecular weight is 262 g/mol. The molecule has 0 aromatic heterocycles.